The maximum Gasteiger partial charge on any atom is 0.273 e. The molecule has 10 heteroatoms. The van der Waals surface area contributed by atoms with Crippen molar-refractivity contribution in [3.05, 3.63) is 65.1 Å². The van der Waals surface area contributed by atoms with E-state index in [0.717, 1.165) is 11.7 Å². The number of methoxy groups -OCH3 is 1. The van der Waals surface area contributed by atoms with Gasteiger partial charge in [0.2, 0.25) is 0 Å². The van der Waals surface area contributed by atoms with E-state index in [0.29, 0.717) is 11.6 Å². The van der Waals surface area contributed by atoms with Crippen LogP contribution in [-0.2, 0) is 17.9 Å². The molecule has 0 atom stereocenters. The number of pyridine rings is 1. The number of aliphatic imine (C=N–C) groups is 1. The Morgan fingerprint density at radius 2 is 2.12 bits per heavy atom. The van der Waals surface area contributed by atoms with Gasteiger partial charge in [-0.15, -0.1) is 0 Å². The van der Waals surface area contributed by atoms with Gasteiger partial charge in [-0.2, -0.15) is 5.10 Å². The summed E-state index contributed by atoms with van der Waals surface area (Å²) in [6, 6.07) is 6.29. The van der Waals surface area contributed by atoms with Crippen LogP contribution in [0.4, 0.5) is 8.78 Å². The number of aromatic nitrogens is 2. The van der Waals surface area contributed by atoms with E-state index in [1.54, 1.807) is 0 Å². The van der Waals surface area contributed by atoms with Crippen LogP contribution in [0, 0.1) is 11.6 Å². The number of nitrogens with two attached hydrogens (primary N) is 1. The summed E-state index contributed by atoms with van der Waals surface area (Å²) in [6.45, 7) is -0.192. The molecule has 166 valence electrons. The van der Waals surface area contributed by atoms with Crippen LogP contribution in [0.15, 0.2) is 46.8 Å². The summed E-state index contributed by atoms with van der Waals surface area (Å²) in [6.07, 6.45) is 7.60. The number of imidazole rings is 1. The predicted octanol–water partition coefficient (Wildman–Crippen LogP) is 2.70. The normalized spacial score (nSPS) is 14.3. The van der Waals surface area contributed by atoms with Crippen molar-refractivity contribution in [3.63, 3.8) is 0 Å². The molecule has 1 amide bonds. The lowest BCUT2D eigenvalue weighted by Gasteiger charge is -2.09. The highest BCUT2D eigenvalue weighted by Crippen LogP contribution is 2.39. The van der Waals surface area contributed by atoms with Crippen molar-refractivity contribution >= 4 is 23.5 Å². The topological polar surface area (TPSA) is 106 Å². The number of halogens is 2. The van der Waals surface area contributed by atoms with Crippen LogP contribution in [-0.4, -0.2) is 34.3 Å². The summed E-state index contributed by atoms with van der Waals surface area (Å²) in [5, 5.41) is 5.79. The van der Waals surface area contributed by atoms with E-state index in [-0.39, 0.29) is 23.6 Å². The molecule has 0 unspecified atom stereocenters. The first-order valence-corrected chi connectivity index (χ1v) is 10.0. The molecule has 0 bridgehead atoms. The van der Waals surface area contributed by atoms with Gasteiger partial charge in [0.25, 0.3) is 5.91 Å². The molecule has 1 fully saturated rings. The smallest absolute Gasteiger partial charge is 0.273 e. The third-order valence-electron chi connectivity index (χ3n) is 5.21. The highest BCUT2D eigenvalue weighted by Gasteiger charge is 2.23. The molecule has 0 aliphatic heterocycles. The van der Waals surface area contributed by atoms with Crippen molar-refractivity contribution in [2.75, 3.05) is 7.11 Å². The number of amides is 1. The zero-order valence-corrected chi connectivity index (χ0v) is 17.4. The van der Waals surface area contributed by atoms with Crippen LogP contribution >= 0.6 is 0 Å². The van der Waals surface area contributed by atoms with Crippen LogP contribution in [0.5, 0.6) is 5.75 Å². The van der Waals surface area contributed by atoms with Gasteiger partial charge in [0, 0.05) is 24.5 Å². The summed E-state index contributed by atoms with van der Waals surface area (Å²) in [5.74, 6) is 3.40. The monoisotopic (exact) mass is 440 g/mol. The Morgan fingerprint density at radius 1 is 1.31 bits per heavy atom. The quantitative estimate of drug-likeness (QED) is 0.319. The minimum Gasteiger partial charge on any atom is -0.494 e. The number of nitrogens with one attached hydrogen (secondary N) is 1. The Labute approximate surface area is 182 Å². The number of hydrogen-bond acceptors (Lipinski definition) is 6. The molecule has 0 radical (unpaired) electrons. The molecule has 0 saturated heterocycles. The third-order valence-corrected chi connectivity index (χ3v) is 5.21. The summed E-state index contributed by atoms with van der Waals surface area (Å²) in [5.41, 5.74) is 2.30. The minimum absolute atomic E-state index is 0.123. The Kier molecular flexibility index (Phi) is 6.11. The van der Waals surface area contributed by atoms with Crippen molar-refractivity contribution < 1.29 is 18.3 Å². The summed E-state index contributed by atoms with van der Waals surface area (Å²) in [7, 11) is 1.27. The molecular weight excluding hydrogens is 418 g/mol. The van der Waals surface area contributed by atoms with Gasteiger partial charge in [-0.1, -0.05) is 6.07 Å². The SMILES string of the molecule is COc1ccc(F)c(CNC(=O)/C(C=NCc2cn3cc(C4CC4)ccc3n2)=N/N)c1F. The molecule has 0 spiro atoms. The number of nitrogens with zero attached hydrogens (tertiary/aromatic N) is 4. The standard InChI is InChI=1S/C22H22F2N6O2/c1-32-19-6-5-17(23)16(21(19)24)9-27-22(31)18(29-25)10-26-8-15-12-30-11-14(13-2-3-13)4-7-20(30)28-15/h4-7,10-13H,2-3,8-9,25H2,1H3,(H,27,31)/b26-10?,29-18+. The average molecular weight is 440 g/mol. The van der Waals surface area contributed by atoms with Gasteiger partial charge in [-0.3, -0.25) is 9.79 Å². The number of hydrogen-bond donors (Lipinski definition) is 2. The fourth-order valence-corrected chi connectivity index (χ4v) is 3.33. The van der Waals surface area contributed by atoms with Crippen LogP contribution in [0.2, 0.25) is 0 Å². The van der Waals surface area contributed by atoms with E-state index < -0.39 is 24.1 Å². The fourth-order valence-electron chi connectivity index (χ4n) is 3.33. The highest BCUT2D eigenvalue weighted by molar-refractivity contribution is 6.60. The molecule has 1 aromatic carbocycles. The molecule has 8 nitrogen and oxygen atoms in total. The minimum atomic E-state index is -0.885. The number of rotatable bonds is 8. The Hall–Kier alpha value is -3.82. The summed E-state index contributed by atoms with van der Waals surface area (Å²) >= 11 is 0. The highest BCUT2D eigenvalue weighted by atomic mass is 19.1. The first kappa shape index (κ1) is 21.4. The second-order valence-electron chi connectivity index (χ2n) is 7.44. The lowest BCUT2D eigenvalue weighted by Crippen LogP contribution is -2.33. The molecule has 1 saturated carbocycles. The average Bonchev–Trinajstić information content (AvgIpc) is 3.56. The Balaban J connectivity index is 1.38. The Bertz CT molecular complexity index is 1220. The zero-order valence-electron chi connectivity index (χ0n) is 17.4. The number of ether oxygens (including phenoxy) is 1. The van der Waals surface area contributed by atoms with Crippen LogP contribution < -0.4 is 15.9 Å². The van der Waals surface area contributed by atoms with Gasteiger partial charge < -0.3 is 20.3 Å². The van der Waals surface area contributed by atoms with E-state index in [4.69, 9.17) is 10.6 Å². The van der Waals surface area contributed by atoms with Crippen molar-refractivity contribution in [3.8, 4) is 5.75 Å². The molecule has 2 aromatic heterocycles. The number of carbonyl (C=O) groups is 1. The number of carbonyl (C=O) groups excluding carboxylic acids is 1. The van der Waals surface area contributed by atoms with E-state index in [9.17, 15) is 13.6 Å². The van der Waals surface area contributed by atoms with Crippen LogP contribution in [0.25, 0.3) is 5.65 Å². The third kappa shape index (κ3) is 4.58. The molecule has 3 N–H and O–H groups in total. The molecule has 32 heavy (non-hydrogen) atoms. The molecule has 3 aromatic rings. The zero-order chi connectivity index (χ0) is 22.7. The van der Waals surface area contributed by atoms with E-state index in [1.165, 1.54) is 37.8 Å². The second kappa shape index (κ2) is 9.13. The lowest BCUT2D eigenvalue weighted by molar-refractivity contribution is -0.114. The largest absolute Gasteiger partial charge is 0.494 e. The molecular formula is C22H22F2N6O2. The number of hydrazone groups is 1. The second-order valence-corrected chi connectivity index (χ2v) is 7.44. The summed E-state index contributed by atoms with van der Waals surface area (Å²) < 4.78 is 34.9. The Morgan fingerprint density at radius 3 is 2.84 bits per heavy atom. The van der Waals surface area contributed by atoms with Gasteiger partial charge >= 0.3 is 0 Å². The van der Waals surface area contributed by atoms with Gasteiger partial charge in [0.05, 0.1) is 25.6 Å². The fraction of sp³-hybridized carbons (Fsp3) is 0.273. The van der Waals surface area contributed by atoms with Crippen molar-refractivity contribution in [2.45, 2.75) is 31.8 Å². The van der Waals surface area contributed by atoms with Crippen LogP contribution in [0.1, 0.15) is 35.6 Å². The van der Waals surface area contributed by atoms with Gasteiger partial charge in [-0.05, 0) is 42.5 Å². The van der Waals surface area contributed by atoms with Gasteiger partial charge in [0.1, 0.15) is 11.5 Å². The molecule has 1 aliphatic carbocycles. The van der Waals surface area contributed by atoms with E-state index >= 15 is 0 Å². The molecule has 2 heterocycles. The lowest BCUT2D eigenvalue weighted by atomic mass is 10.1. The first-order valence-electron chi connectivity index (χ1n) is 10.0. The van der Waals surface area contributed by atoms with Crippen molar-refractivity contribution in [2.24, 2.45) is 15.9 Å². The van der Waals surface area contributed by atoms with Crippen molar-refractivity contribution in [1.29, 1.82) is 0 Å². The summed E-state index contributed by atoms with van der Waals surface area (Å²) in [4.78, 5) is 21.0. The van der Waals surface area contributed by atoms with Crippen molar-refractivity contribution in [1.82, 2.24) is 14.7 Å². The molecule has 4 rings (SSSR count). The maximum atomic E-state index is 14.2. The van der Waals surface area contributed by atoms with Gasteiger partial charge in [-0.25, -0.2) is 13.8 Å². The van der Waals surface area contributed by atoms with E-state index in [2.05, 4.69) is 32.7 Å². The first-order chi connectivity index (χ1) is 15.5. The van der Waals surface area contributed by atoms with E-state index in [1.807, 2.05) is 16.7 Å². The maximum absolute atomic E-state index is 14.2. The van der Waals surface area contributed by atoms with Gasteiger partial charge in [0.15, 0.2) is 17.3 Å². The number of fused-ring (bicyclic) bond motifs is 1. The predicted molar refractivity (Wildman–Crippen MR) is 116 cm³/mol. The van der Waals surface area contributed by atoms with Crippen LogP contribution in [0.3, 0.4) is 0 Å². The molecule has 1 aliphatic rings. The number of benzene rings is 1.